The van der Waals surface area contributed by atoms with Gasteiger partial charge in [0.05, 0.1) is 33.8 Å². The van der Waals surface area contributed by atoms with Gasteiger partial charge in [0, 0.05) is 12.8 Å². The van der Waals surface area contributed by atoms with Gasteiger partial charge in [0.25, 0.3) is 0 Å². The topological polar surface area (TPSA) is 111 Å². The van der Waals surface area contributed by atoms with E-state index in [0.29, 0.717) is 23.9 Å². The van der Waals surface area contributed by atoms with E-state index in [1.807, 2.05) is 33.3 Å². The zero-order valence-electron chi connectivity index (χ0n) is 50.0. The Bertz CT molecular complexity index is 1470. The summed E-state index contributed by atoms with van der Waals surface area (Å²) in [5.41, 5.74) is 0. The van der Waals surface area contributed by atoms with Crippen LogP contribution in [0.3, 0.4) is 0 Å². The predicted molar refractivity (Wildman–Crippen MR) is 323 cm³/mol. The number of esters is 1. The third-order valence-electron chi connectivity index (χ3n) is 13.9. The fourth-order valence-electron chi connectivity index (χ4n) is 9.00. The van der Waals surface area contributed by atoms with Crippen LogP contribution in [0.25, 0.3) is 0 Å². The highest BCUT2D eigenvalue weighted by Crippen LogP contribution is 2.43. The molecular weight excluding hydrogens is 952 g/mol. The summed E-state index contributed by atoms with van der Waals surface area (Å²) in [6, 6.07) is -0.859. The van der Waals surface area contributed by atoms with E-state index in [0.717, 1.165) is 77.0 Å². The number of unbranched alkanes of at least 4 members (excludes halogenated alkanes) is 33. The van der Waals surface area contributed by atoms with Gasteiger partial charge < -0.3 is 19.4 Å². The molecule has 3 atom stereocenters. The van der Waals surface area contributed by atoms with Gasteiger partial charge in [0.15, 0.2) is 0 Å². The molecule has 0 spiro atoms. The van der Waals surface area contributed by atoms with E-state index in [4.69, 9.17) is 13.8 Å². The van der Waals surface area contributed by atoms with E-state index in [1.54, 1.807) is 0 Å². The maximum atomic E-state index is 13.6. The maximum Gasteiger partial charge on any atom is 0.472 e. The summed E-state index contributed by atoms with van der Waals surface area (Å²) in [7, 11) is 1.48. The number of carbonyl (C=O) groups excluding carboxylic acids is 2. The molecule has 3 unspecified atom stereocenters. The SMILES string of the molecule is CCCCC/C=C\C/C=C\C/C=C\CCCCCCC(=O)OC(/C=C/CCCCCCCCCCCCC)C(COP(=O)(O)OCC[N+](C)(C)C)NC(=O)CCCCCCCCCCC/C=C/CCCCCCCC. The zero-order valence-corrected chi connectivity index (χ0v) is 50.9. The van der Waals surface area contributed by atoms with Gasteiger partial charge in [-0.25, -0.2) is 4.57 Å². The molecule has 0 aliphatic heterocycles. The Hall–Kier alpha value is -2.29. The summed E-state index contributed by atoms with van der Waals surface area (Å²) in [4.78, 5) is 37.7. The molecule has 0 saturated carbocycles. The number of nitrogens with zero attached hydrogens (tertiary/aromatic N) is 1. The van der Waals surface area contributed by atoms with Crippen molar-refractivity contribution in [2.24, 2.45) is 0 Å². The summed E-state index contributed by atoms with van der Waals surface area (Å²) in [5.74, 6) is -0.526. The smallest absolute Gasteiger partial charge is 0.456 e. The molecule has 438 valence electrons. The second kappa shape index (κ2) is 55.0. The van der Waals surface area contributed by atoms with Gasteiger partial charge in [-0.3, -0.25) is 18.6 Å². The zero-order chi connectivity index (χ0) is 55.0. The molecule has 9 nitrogen and oxygen atoms in total. The number of hydrogen-bond acceptors (Lipinski definition) is 6. The lowest BCUT2D eigenvalue weighted by atomic mass is 10.0. The molecule has 0 aliphatic carbocycles. The molecule has 10 heteroatoms. The Morgan fingerprint density at radius 2 is 0.813 bits per heavy atom. The van der Waals surface area contributed by atoms with Crippen LogP contribution >= 0.6 is 7.82 Å². The molecule has 2 N–H and O–H groups in total. The van der Waals surface area contributed by atoms with Crippen molar-refractivity contribution in [3.8, 4) is 0 Å². The first-order valence-corrected chi connectivity index (χ1v) is 33.1. The number of likely N-dealkylation sites (N-methyl/N-ethyl adjacent to an activating group) is 1. The van der Waals surface area contributed by atoms with Gasteiger partial charge in [-0.1, -0.05) is 242 Å². The van der Waals surface area contributed by atoms with Crippen molar-refractivity contribution in [2.45, 2.75) is 303 Å². The molecule has 1 amide bonds. The lowest BCUT2D eigenvalue weighted by Gasteiger charge is -2.27. The number of phosphoric ester groups is 1. The fraction of sp³-hybridized carbons (Fsp3) is 0.815. The molecule has 75 heavy (non-hydrogen) atoms. The predicted octanol–water partition coefficient (Wildman–Crippen LogP) is 19.4. The number of rotatable bonds is 57. The van der Waals surface area contributed by atoms with E-state index in [2.05, 4.69) is 74.7 Å². The van der Waals surface area contributed by atoms with Crippen LogP contribution in [0, 0.1) is 0 Å². The average molecular weight is 1070 g/mol. The van der Waals surface area contributed by atoms with Crippen molar-refractivity contribution < 1.29 is 37.3 Å². The number of phosphoric acid groups is 1. The highest BCUT2D eigenvalue weighted by atomic mass is 31.2. The summed E-state index contributed by atoms with van der Waals surface area (Å²) in [6.45, 7) is 6.98. The molecule has 0 aromatic rings. The van der Waals surface area contributed by atoms with E-state index in [9.17, 15) is 19.0 Å². The van der Waals surface area contributed by atoms with Crippen LogP contribution < -0.4 is 5.32 Å². The van der Waals surface area contributed by atoms with Crippen LogP contribution in [-0.4, -0.2) is 74.3 Å². The standard InChI is InChI=1S/C65H121N2O7P/c1-7-10-13-16-19-22-25-28-30-32-33-35-36-39-42-45-48-51-54-57-64(68)66-62(61-73-75(70,71)72-60-59-67(4,5)6)63(56-53-50-47-44-41-38-27-24-21-18-15-12-9-3)74-65(69)58-55-52-49-46-43-40-37-34-31-29-26-23-20-17-14-11-8-2/h20,23,28-31,37,40,53,56,62-63H,7-19,21-22,24-27,32-36,38-39,41-52,54-55,57-61H2,1-6H3,(H-,66,68,70,71)/p+1/b23-20-,30-28+,31-29-,40-37-,56-53+. The third kappa shape index (κ3) is 56.2. The molecule has 0 aromatic carbocycles. The summed E-state index contributed by atoms with van der Waals surface area (Å²) in [5, 5.41) is 3.05. The van der Waals surface area contributed by atoms with Crippen molar-refractivity contribution in [2.75, 3.05) is 40.9 Å². The molecule has 0 aromatic heterocycles. The number of carbonyl (C=O) groups is 2. The number of amides is 1. The van der Waals surface area contributed by atoms with Gasteiger partial charge in [0.1, 0.15) is 19.3 Å². The van der Waals surface area contributed by atoms with Gasteiger partial charge in [-0.05, 0) is 96.0 Å². The van der Waals surface area contributed by atoms with Crippen LogP contribution in [0.5, 0.6) is 0 Å². The van der Waals surface area contributed by atoms with Crippen molar-refractivity contribution in [3.05, 3.63) is 60.8 Å². The first kappa shape index (κ1) is 72.7. The van der Waals surface area contributed by atoms with Crippen molar-refractivity contribution in [1.82, 2.24) is 5.32 Å². The monoisotopic (exact) mass is 1070 g/mol. The molecule has 0 radical (unpaired) electrons. The van der Waals surface area contributed by atoms with Crippen LogP contribution in [-0.2, 0) is 27.9 Å². The van der Waals surface area contributed by atoms with E-state index < -0.39 is 20.0 Å². The number of nitrogens with one attached hydrogen (secondary N) is 1. The summed E-state index contributed by atoms with van der Waals surface area (Å²) < 4.78 is 30.7. The maximum absolute atomic E-state index is 13.6. The highest BCUT2D eigenvalue weighted by Gasteiger charge is 2.30. The Morgan fingerprint density at radius 3 is 1.25 bits per heavy atom. The van der Waals surface area contributed by atoms with Crippen LogP contribution in [0.4, 0.5) is 0 Å². The van der Waals surface area contributed by atoms with Gasteiger partial charge in [-0.2, -0.15) is 0 Å². The van der Waals surface area contributed by atoms with Crippen molar-refractivity contribution >= 4 is 19.7 Å². The molecule has 0 fully saturated rings. The van der Waals surface area contributed by atoms with Crippen molar-refractivity contribution in [3.63, 3.8) is 0 Å². The van der Waals surface area contributed by atoms with Crippen molar-refractivity contribution in [1.29, 1.82) is 0 Å². The number of ether oxygens (including phenoxy) is 1. The molecule has 0 aliphatic rings. The third-order valence-corrected chi connectivity index (χ3v) is 14.9. The Labute approximate surface area is 464 Å². The summed E-state index contributed by atoms with van der Waals surface area (Å²) >= 11 is 0. The second-order valence-electron chi connectivity index (χ2n) is 22.6. The van der Waals surface area contributed by atoms with Gasteiger partial charge in [0.2, 0.25) is 5.91 Å². The Morgan fingerprint density at radius 1 is 0.467 bits per heavy atom. The first-order chi connectivity index (χ1) is 36.4. The quantitative estimate of drug-likeness (QED) is 0.0205. The highest BCUT2D eigenvalue weighted by molar-refractivity contribution is 7.47. The van der Waals surface area contributed by atoms with Crippen LogP contribution in [0.2, 0.25) is 0 Å². The molecule has 0 rings (SSSR count). The minimum Gasteiger partial charge on any atom is -0.456 e. The second-order valence-corrected chi connectivity index (χ2v) is 24.0. The van der Waals surface area contributed by atoms with Crippen LogP contribution in [0.1, 0.15) is 290 Å². The lowest BCUT2D eigenvalue weighted by Crippen LogP contribution is -2.47. The fourth-order valence-corrected chi connectivity index (χ4v) is 9.74. The van der Waals surface area contributed by atoms with E-state index in [-0.39, 0.29) is 31.5 Å². The molecule has 0 heterocycles. The van der Waals surface area contributed by atoms with Crippen LogP contribution in [0.15, 0.2) is 60.8 Å². The molecular formula is C65H122N2O7P+. The largest absolute Gasteiger partial charge is 0.472 e. The molecule has 0 saturated heterocycles. The van der Waals surface area contributed by atoms with Gasteiger partial charge in [-0.15, -0.1) is 0 Å². The first-order valence-electron chi connectivity index (χ1n) is 31.6. The number of hydrogen-bond donors (Lipinski definition) is 2. The molecule has 0 bridgehead atoms. The Balaban J connectivity index is 5.31. The number of quaternary nitrogens is 1. The minimum atomic E-state index is -4.46. The number of allylic oxidation sites excluding steroid dienone is 9. The normalized spacial score (nSPS) is 14.1. The van der Waals surface area contributed by atoms with E-state index in [1.165, 1.54) is 173 Å². The van der Waals surface area contributed by atoms with E-state index >= 15 is 0 Å². The minimum absolute atomic E-state index is 0.0353. The average Bonchev–Trinajstić information content (AvgIpc) is 3.37. The lowest BCUT2D eigenvalue weighted by molar-refractivity contribution is -0.870. The Kier molecular flexibility index (Phi) is 53.4. The van der Waals surface area contributed by atoms with Gasteiger partial charge >= 0.3 is 13.8 Å². The summed E-state index contributed by atoms with van der Waals surface area (Å²) in [6.07, 6.45) is 69.2.